The molecule has 1 heterocycles. The summed E-state index contributed by atoms with van der Waals surface area (Å²) in [6.07, 6.45) is 0.280. The lowest BCUT2D eigenvalue weighted by molar-refractivity contribution is -0.00542. The number of halogens is 2. The predicted octanol–water partition coefficient (Wildman–Crippen LogP) is 3.51. The molecule has 4 heteroatoms. The van der Waals surface area contributed by atoms with Gasteiger partial charge in [-0.05, 0) is 38.5 Å². The normalized spacial score (nSPS) is 25.1. The number of hydrogen-bond donors (Lipinski definition) is 0. The second-order valence-corrected chi connectivity index (χ2v) is 5.63. The van der Waals surface area contributed by atoms with E-state index in [0.29, 0.717) is 5.69 Å². The van der Waals surface area contributed by atoms with Crippen LogP contribution in [0, 0.1) is 12.7 Å². The lowest BCUT2D eigenvalue weighted by Gasteiger charge is -2.37. The summed E-state index contributed by atoms with van der Waals surface area (Å²) < 4.78 is 20.5. The third-order valence-corrected chi connectivity index (χ3v) is 3.41. The van der Waals surface area contributed by atoms with E-state index in [1.807, 2.05) is 26.8 Å². The fourth-order valence-corrected chi connectivity index (χ4v) is 3.00. The monoisotopic (exact) mass is 301 g/mol. The average molecular weight is 302 g/mol. The van der Waals surface area contributed by atoms with E-state index < -0.39 is 0 Å². The minimum atomic E-state index is -0.168. The molecular weight excluding hydrogens is 285 g/mol. The van der Waals surface area contributed by atoms with Crippen LogP contribution in [0.5, 0.6) is 0 Å². The molecule has 1 saturated heterocycles. The van der Waals surface area contributed by atoms with Crippen LogP contribution in [-0.2, 0) is 4.74 Å². The van der Waals surface area contributed by atoms with E-state index in [1.165, 1.54) is 6.07 Å². The molecule has 1 aromatic carbocycles. The summed E-state index contributed by atoms with van der Waals surface area (Å²) >= 11 is 3.31. The molecule has 2 rings (SSSR count). The highest BCUT2D eigenvalue weighted by atomic mass is 79.9. The smallest absolute Gasteiger partial charge is 0.147 e. The first kappa shape index (κ1) is 12.8. The van der Waals surface area contributed by atoms with Gasteiger partial charge in [-0.2, -0.15) is 0 Å². The van der Waals surface area contributed by atoms with Gasteiger partial charge in [0, 0.05) is 17.6 Å². The average Bonchev–Trinajstić information content (AvgIpc) is 2.13. The van der Waals surface area contributed by atoms with Crippen molar-refractivity contribution in [1.82, 2.24) is 0 Å². The molecule has 1 fully saturated rings. The van der Waals surface area contributed by atoms with Crippen LogP contribution >= 0.6 is 15.9 Å². The van der Waals surface area contributed by atoms with Gasteiger partial charge in [0.1, 0.15) is 5.82 Å². The lowest BCUT2D eigenvalue weighted by Crippen LogP contribution is -2.46. The van der Waals surface area contributed by atoms with Crippen LogP contribution in [0.15, 0.2) is 16.6 Å². The van der Waals surface area contributed by atoms with Gasteiger partial charge in [-0.1, -0.05) is 15.9 Å². The van der Waals surface area contributed by atoms with Crippen molar-refractivity contribution in [3.05, 3.63) is 28.0 Å². The first-order valence-electron chi connectivity index (χ1n) is 5.83. The maximum Gasteiger partial charge on any atom is 0.147 e. The van der Waals surface area contributed by atoms with Crippen molar-refractivity contribution < 1.29 is 9.13 Å². The molecule has 17 heavy (non-hydrogen) atoms. The molecule has 0 spiro atoms. The Bertz CT molecular complexity index is 391. The molecule has 0 aromatic heterocycles. The summed E-state index contributed by atoms with van der Waals surface area (Å²) in [7, 11) is 0. The molecule has 2 nitrogen and oxygen atoms in total. The van der Waals surface area contributed by atoms with Gasteiger partial charge in [0.25, 0.3) is 0 Å². The second kappa shape index (κ2) is 4.94. The summed E-state index contributed by atoms with van der Waals surface area (Å²) in [5.41, 5.74) is 1.66. The molecule has 94 valence electrons. The largest absolute Gasteiger partial charge is 0.372 e. The second-order valence-electron chi connectivity index (χ2n) is 4.72. The van der Waals surface area contributed by atoms with Gasteiger partial charge in [-0.15, -0.1) is 0 Å². The van der Waals surface area contributed by atoms with E-state index in [1.54, 1.807) is 0 Å². The van der Waals surface area contributed by atoms with Crippen molar-refractivity contribution in [1.29, 1.82) is 0 Å². The van der Waals surface area contributed by atoms with Crippen molar-refractivity contribution in [2.75, 3.05) is 18.0 Å². The van der Waals surface area contributed by atoms with Crippen LogP contribution in [0.25, 0.3) is 0 Å². The van der Waals surface area contributed by atoms with Crippen molar-refractivity contribution >= 4 is 21.6 Å². The molecular formula is C13H17BrFNO. The molecule has 0 bridgehead atoms. The van der Waals surface area contributed by atoms with Gasteiger partial charge in [0.2, 0.25) is 0 Å². The third kappa shape index (κ3) is 2.80. The molecule has 0 radical (unpaired) electrons. The zero-order chi connectivity index (χ0) is 12.6. The number of benzene rings is 1. The molecule has 2 atom stereocenters. The van der Waals surface area contributed by atoms with E-state index in [2.05, 4.69) is 20.8 Å². The van der Waals surface area contributed by atoms with Gasteiger partial charge < -0.3 is 9.64 Å². The van der Waals surface area contributed by atoms with E-state index in [0.717, 1.165) is 23.1 Å². The highest BCUT2D eigenvalue weighted by Gasteiger charge is 2.25. The van der Waals surface area contributed by atoms with Gasteiger partial charge in [-0.3, -0.25) is 0 Å². The molecule has 0 N–H and O–H groups in total. The predicted molar refractivity (Wildman–Crippen MR) is 71.1 cm³/mol. The Morgan fingerprint density at radius 1 is 1.29 bits per heavy atom. The van der Waals surface area contributed by atoms with E-state index in [4.69, 9.17) is 4.74 Å². The van der Waals surface area contributed by atoms with E-state index >= 15 is 0 Å². The summed E-state index contributed by atoms with van der Waals surface area (Å²) in [5.74, 6) is -0.168. The SMILES string of the molecule is Cc1cc(Br)cc(F)c1N1CC(C)OC(C)C1. The number of hydrogen-bond acceptors (Lipinski definition) is 2. The van der Waals surface area contributed by atoms with E-state index in [-0.39, 0.29) is 18.0 Å². The third-order valence-electron chi connectivity index (χ3n) is 2.95. The van der Waals surface area contributed by atoms with Crippen molar-refractivity contribution in [3.63, 3.8) is 0 Å². The standard InChI is InChI=1S/C13H17BrFNO/c1-8-4-11(14)5-12(15)13(8)16-6-9(2)17-10(3)7-16/h4-5,9-10H,6-7H2,1-3H3. The number of anilines is 1. The fourth-order valence-electron chi connectivity index (χ4n) is 2.46. The number of nitrogens with zero attached hydrogens (tertiary/aromatic N) is 1. The quantitative estimate of drug-likeness (QED) is 0.787. The number of morpholine rings is 1. The fraction of sp³-hybridized carbons (Fsp3) is 0.538. The summed E-state index contributed by atoms with van der Waals surface area (Å²) in [5, 5.41) is 0. The minimum Gasteiger partial charge on any atom is -0.372 e. The Morgan fingerprint density at radius 3 is 2.41 bits per heavy atom. The van der Waals surface area contributed by atoms with Gasteiger partial charge in [0.05, 0.1) is 17.9 Å². The van der Waals surface area contributed by atoms with Gasteiger partial charge >= 0.3 is 0 Å². The molecule has 0 amide bonds. The highest BCUT2D eigenvalue weighted by molar-refractivity contribution is 9.10. The van der Waals surface area contributed by atoms with Crippen molar-refractivity contribution in [3.8, 4) is 0 Å². The molecule has 1 aliphatic heterocycles. The Labute approximate surface area is 110 Å². The van der Waals surface area contributed by atoms with Crippen LogP contribution < -0.4 is 4.90 Å². The zero-order valence-electron chi connectivity index (χ0n) is 10.3. The summed E-state index contributed by atoms with van der Waals surface area (Å²) in [4.78, 5) is 2.08. The Balaban J connectivity index is 2.33. The Morgan fingerprint density at radius 2 is 1.88 bits per heavy atom. The van der Waals surface area contributed by atoms with E-state index in [9.17, 15) is 4.39 Å². The topological polar surface area (TPSA) is 12.5 Å². The molecule has 1 aliphatic rings. The number of ether oxygens (including phenoxy) is 1. The van der Waals surface area contributed by atoms with Crippen LogP contribution in [-0.4, -0.2) is 25.3 Å². The van der Waals surface area contributed by atoms with Crippen LogP contribution in [0.2, 0.25) is 0 Å². The van der Waals surface area contributed by atoms with Crippen LogP contribution in [0.4, 0.5) is 10.1 Å². The highest BCUT2D eigenvalue weighted by Crippen LogP contribution is 2.30. The number of rotatable bonds is 1. The van der Waals surface area contributed by atoms with Crippen molar-refractivity contribution in [2.45, 2.75) is 33.0 Å². The molecule has 0 saturated carbocycles. The molecule has 2 unspecified atom stereocenters. The van der Waals surface area contributed by atoms with Crippen LogP contribution in [0.3, 0.4) is 0 Å². The van der Waals surface area contributed by atoms with Gasteiger partial charge in [0.15, 0.2) is 0 Å². The summed E-state index contributed by atoms with van der Waals surface area (Å²) in [6.45, 7) is 7.46. The summed E-state index contributed by atoms with van der Waals surface area (Å²) in [6, 6.07) is 3.47. The minimum absolute atomic E-state index is 0.140. The maximum absolute atomic E-state index is 14.0. The maximum atomic E-state index is 14.0. The Hall–Kier alpha value is -0.610. The van der Waals surface area contributed by atoms with Crippen LogP contribution in [0.1, 0.15) is 19.4 Å². The first-order valence-corrected chi connectivity index (χ1v) is 6.62. The first-order chi connectivity index (χ1) is 7.97. The number of aryl methyl sites for hydroxylation is 1. The van der Waals surface area contributed by atoms with Gasteiger partial charge in [-0.25, -0.2) is 4.39 Å². The molecule has 1 aromatic rings. The molecule has 0 aliphatic carbocycles. The zero-order valence-corrected chi connectivity index (χ0v) is 11.9. The Kier molecular flexibility index (Phi) is 3.73. The van der Waals surface area contributed by atoms with Crippen molar-refractivity contribution in [2.24, 2.45) is 0 Å². The lowest BCUT2D eigenvalue weighted by atomic mass is 10.1.